The topological polar surface area (TPSA) is 116 Å². The maximum Gasteiger partial charge on any atom is 0.290 e. The van der Waals surface area contributed by atoms with E-state index in [1.165, 1.54) is 12.7 Å². The van der Waals surface area contributed by atoms with Crippen molar-refractivity contribution in [2.24, 2.45) is 0 Å². The predicted molar refractivity (Wildman–Crippen MR) is 137 cm³/mol. The molecule has 2 amide bonds. The maximum atomic E-state index is 13.9. The zero-order chi connectivity index (χ0) is 25.7. The van der Waals surface area contributed by atoms with Crippen molar-refractivity contribution in [2.45, 2.75) is 56.8 Å². The molecule has 36 heavy (non-hydrogen) atoms. The standard InChI is InChI=1S/C25H30ClN5O2.CH2O2/c1-17-15-20(32)29-22-21(17)23(28-16-27-22)30-11-13-31(14-12-30)24(33)25(9-3-2-4-10-25)18-5-7-19(26)8-6-18;2-1-3/h5-8,16-17H,2-4,9-15H2,1H3,(H,27,28,29,32);1H,(H,2,3)/t17-;/m1./s1. The molecule has 5 rings (SSSR count). The third kappa shape index (κ3) is 5.16. The van der Waals surface area contributed by atoms with E-state index in [0.717, 1.165) is 42.6 Å². The zero-order valence-corrected chi connectivity index (χ0v) is 21.2. The number of halogens is 1. The largest absolute Gasteiger partial charge is 0.483 e. The maximum absolute atomic E-state index is 13.9. The van der Waals surface area contributed by atoms with Crippen molar-refractivity contribution in [3.8, 4) is 0 Å². The number of hydrogen-bond donors (Lipinski definition) is 2. The molecule has 3 heterocycles. The average Bonchev–Trinajstić information content (AvgIpc) is 2.89. The fourth-order valence-corrected chi connectivity index (χ4v) is 5.86. The minimum absolute atomic E-state index is 0.00459. The van der Waals surface area contributed by atoms with Gasteiger partial charge in [0.1, 0.15) is 18.0 Å². The summed E-state index contributed by atoms with van der Waals surface area (Å²) in [4.78, 5) is 47.3. The Morgan fingerprint density at radius 2 is 1.75 bits per heavy atom. The minimum Gasteiger partial charge on any atom is -0.483 e. The van der Waals surface area contributed by atoms with Crippen LogP contribution < -0.4 is 10.2 Å². The highest BCUT2D eigenvalue weighted by molar-refractivity contribution is 6.30. The third-order valence-corrected chi connectivity index (χ3v) is 7.74. The summed E-state index contributed by atoms with van der Waals surface area (Å²) in [5.41, 5.74) is 1.65. The van der Waals surface area contributed by atoms with Gasteiger partial charge < -0.3 is 20.2 Å². The number of rotatable bonds is 3. The van der Waals surface area contributed by atoms with Gasteiger partial charge in [0.05, 0.1) is 5.41 Å². The number of aromatic nitrogens is 2. The molecule has 2 N–H and O–H groups in total. The number of carbonyl (C=O) groups is 3. The van der Waals surface area contributed by atoms with Gasteiger partial charge in [-0.2, -0.15) is 0 Å². The Morgan fingerprint density at radius 3 is 2.39 bits per heavy atom. The molecule has 9 nitrogen and oxygen atoms in total. The number of hydrogen-bond acceptors (Lipinski definition) is 6. The lowest BCUT2D eigenvalue weighted by atomic mass is 9.68. The Morgan fingerprint density at radius 1 is 1.11 bits per heavy atom. The van der Waals surface area contributed by atoms with Crippen LogP contribution in [0.4, 0.5) is 11.6 Å². The molecule has 192 valence electrons. The van der Waals surface area contributed by atoms with Gasteiger partial charge >= 0.3 is 0 Å². The van der Waals surface area contributed by atoms with Gasteiger partial charge in [-0.1, -0.05) is 49.9 Å². The van der Waals surface area contributed by atoms with E-state index >= 15 is 0 Å². The second kappa shape index (κ2) is 11.2. The SMILES string of the molecule is C[C@@H]1CC(=O)Nc2ncnc(N3CCN(C(=O)C4(c5ccc(Cl)cc5)CCCCC4)CC3)c21.O=CO. The molecule has 1 atom stereocenters. The van der Waals surface area contributed by atoms with Crippen LogP contribution in [0.25, 0.3) is 0 Å². The van der Waals surface area contributed by atoms with Gasteiger partial charge in [-0.3, -0.25) is 14.4 Å². The first-order valence-corrected chi connectivity index (χ1v) is 12.8. The molecule has 1 aliphatic carbocycles. The van der Waals surface area contributed by atoms with Crippen molar-refractivity contribution >= 4 is 41.5 Å². The Bertz CT molecular complexity index is 1100. The highest BCUT2D eigenvalue weighted by atomic mass is 35.5. The fourth-order valence-electron chi connectivity index (χ4n) is 5.73. The normalized spacial score (nSPS) is 20.9. The number of nitrogens with zero attached hydrogens (tertiary/aromatic N) is 4. The Kier molecular flexibility index (Phi) is 8.08. The van der Waals surface area contributed by atoms with Crippen LogP contribution in [-0.2, 0) is 19.8 Å². The van der Waals surface area contributed by atoms with E-state index < -0.39 is 5.41 Å². The van der Waals surface area contributed by atoms with Crippen molar-refractivity contribution in [2.75, 3.05) is 36.4 Å². The van der Waals surface area contributed by atoms with Gasteiger partial charge in [-0.05, 0) is 36.5 Å². The second-order valence-electron chi connectivity index (χ2n) is 9.65. The zero-order valence-electron chi connectivity index (χ0n) is 20.5. The average molecular weight is 514 g/mol. The summed E-state index contributed by atoms with van der Waals surface area (Å²) in [5.74, 6) is 1.81. The molecule has 2 aromatic rings. The molecule has 10 heteroatoms. The van der Waals surface area contributed by atoms with Crippen LogP contribution in [0.2, 0.25) is 5.02 Å². The number of carbonyl (C=O) groups excluding carboxylic acids is 2. The van der Waals surface area contributed by atoms with Crippen LogP contribution in [0, 0.1) is 0 Å². The summed E-state index contributed by atoms with van der Waals surface area (Å²) in [6.45, 7) is 4.55. The molecule has 0 radical (unpaired) electrons. The van der Waals surface area contributed by atoms with Crippen LogP contribution in [0.15, 0.2) is 30.6 Å². The lowest BCUT2D eigenvalue weighted by Gasteiger charge is -2.44. The first-order valence-electron chi connectivity index (χ1n) is 12.4. The van der Waals surface area contributed by atoms with E-state index in [-0.39, 0.29) is 24.2 Å². The van der Waals surface area contributed by atoms with E-state index in [2.05, 4.69) is 20.2 Å². The third-order valence-electron chi connectivity index (χ3n) is 7.48. The Labute approximate surface area is 215 Å². The number of anilines is 2. The van der Waals surface area contributed by atoms with Crippen LogP contribution in [0.1, 0.15) is 62.5 Å². The number of nitrogens with one attached hydrogen (secondary N) is 1. The van der Waals surface area contributed by atoms with Crippen molar-refractivity contribution in [3.05, 3.63) is 46.7 Å². The van der Waals surface area contributed by atoms with E-state index in [9.17, 15) is 9.59 Å². The molecular weight excluding hydrogens is 482 g/mol. The van der Waals surface area contributed by atoms with Crippen LogP contribution in [0.5, 0.6) is 0 Å². The van der Waals surface area contributed by atoms with E-state index in [1.807, 2.05) is 36.1 Å². The van der Waals surface area contributed by atoms with E-state index in [1.54, 1.807) is 0 Å². The van der Waals surface area contributed by atoms with Gasteiger partial charge in [0.15, 0.2) is 0 Å². The summed E-state index contributed by atoms with van der Waals surface area (Å²) >= 11 is 6.13. The molecule has 2 fully saturated rings. The van der Waals surface area contributed by atoms with Gasteiger partial charge in [0.25, 0.3) is 6.47 Å². The lowest BCUT2D eigenvalue weighted by molar-refractivity contribution is -0.139. The molecule has 0 spiro atoms. The molecule has 1 saturated heterocycles. The Hall–Kier alpha value is -3.20. The van der Waals surface area contributed by atoms with Crippen molar-refractivity contribution in [3.63, 3.8) is 0 Å². The van der Waals surface area contributed by atoms with E-state index in [4.69, 9.17) is 21.5 Å². The molecule has 0 bridgehead atoms. The second-order valence-corrected chi connectivity index (χ2v) is 10.1. The molecular formula is C26H32ClN5O4. The molecule has 1 saturated carbocycles. The number of amides is 2. The number of carboxylic acid groups (broad SMARTS) is 1. The minimum atomic E-state index is -0.447. The summed E-state index contributed by atoms with van der Waals surface area (Å²) < 4.78 is 0. The quantitative estimate of drug-likeness (QED) is 0.599. The highest BCUT2D eigenvalue weighted by Crippen LogP contribution is 2.42. The van der Waals surface area contributed by atoms with Crippen LogP contribution in [0.3, 0.4) is 0 Å². The van der Waals surface area contributed by atoms with Crippen LogP contribution in [-0.4, -0.2) is 64.4 Å². The molecule has 0 unspecified atom stereocenters. The number of piperazine rings is 1. The van der Waals surface area contributed by atoms with Gasteiger partial charge in [0.2, 0.25) is 11.8 Å². The molecule has 1 aromatic heterocycles. The highest BCUT2D eigenvalue weighted by Gasteiger charge is 2.44. The fraction of sp³-hybridized carbons (Fsp3) is 0.500. The number of benzene rings is 1. The lowest BCUT2D eigenvalue weighted by Crippen LogP contribution is -2.55. The van der Waals surface area contributed by atoms with E-state index in [0.29, 0.717) is 43.4 Å². The molecule has 3 aliphatic rings. The number of fused-ring (bicyclic) bond motifs is 1. The summed E-state index contributed by atoms with van der Waals surface area (Å²) in [6, 6.07) is 7.86. The van der Waals surface area contributed by atoms with Crippen molar-refractivity contribution in [1.82, 2.24) is 14.9 Å². The summed E-state index contributed by atoms with van der Waals surface area (Å²) in [6.07, 6.45) is 7.07. The van der Waals surface area contributed by atoms with Crippen molar-refractivity contribution in [1.29, 1.82) is 0 Å². The molecule has 2 aliphatic heterocycles. The Balaban J connectivity index is 0.000000967. The smallest absolute Gasteiger partial charge is 0.290 e. The van der Waals surface area contributed by atoms with Gasteiger partial charge in [-0.25, -0.2) is 9.97 Å². The van der Waals surface area contributed by atoms with Crippen LogP contribution >= 0.6 is 11.6 Å². The first-order chi connectivity index (χ1) is 17.4. The first kappa shape index (κ1) is 25.9. The molecule has 1 aromatic carbocycles. The predicted octanol–water partition coefficient (Wildman–Crippen LogP) is 3.83. The van der Waals surface area contributed by atoms with Crippen molar-refractivity contribution < 1.29 is 19.5 Å². The van der Waals surface area contributed by atoms with Gasteiger partial charge in [-0.15, -0.1) is 0 Å². The monoisotopic (exact) mass is 513 g/mol. The summed E-state index contributed by atoms with van der Waals surface area (Å²) in [7, 11) is 0. The van der Waals surface area contributed by atoms with Gasteiger partial charge in [0, 0.05) is 43.2 Å². The summed E-state index contributed by atoms with van der Waals surface area (Å²) in [5, 5.41) is 10.5.